The minimum absolute atomic E-state index is 0.119. The van der Waals surface area contributed by atoms with Crippen molar-refractivity contribution in [3.05, 3.63) is 52.2 Å². The van der Waals surface area contributed by atoms with Crippen LogP contribution in [0.25, 0.3) is 0 Å². The van der Waals surface area contributed by atoms with Gasteiger partial charge in [0.15, 0.2) is 0 Å². The van der Waals surface area contributed by atoms with Crippen molar-refractivity contribution in [1.82, 2.24) is 5.32 Å². The topological polar surface area (TPSA) is 41.1 Å². The number of amides is 1. The standard InChI is InChI=1S/C18H20F2N2OS/c19-12-8-9-15(14(20)11-12)22-17(16-7-4-10-24-16)18(23)21-13-5-2-1-3-6-13/h4,7-11,13,17,22H,1-3,5-6H2,(H,21,23). The van der Waals surface area contributed by atoms with Crippen molar-refractivity contribution < 1.29 is 13.6 Å². The van der Waals surface area contributed by atoms with Gasteiger partial charge in [0.25, 0.3) is 0 Å². The molecule has 0 radical (unpaired) electrons. The molecule has 1 heterocycles. The normalized spacial score (nSPS) is 16.6. The Balaban J connectivity index is 1.77. The summed E-state index contributed by atoms with van der Waals surface area (Å²) in [4.78, 5) is 13.5. The Kier molecular flexibility index (Phi) is 5.45. The molecule has 6 heteroatoms. The lowest BCUT2D eigenvalue weighted by Crippen LogP contribution is -2.41. The fourth-order valence-electron chi connectivity index (χ4n) is 3.01. The lowest BCUT2D eigenvalue weighted by molar-refractivity contribution is -0.122. The van der Waals surface area contributed by atoms with Crippen LogP contribution in [0, 0.1) is 11.6 Å². The van der Waals surface area contributed by atoms with E-state index in [1.54, 1.807) is 0 Å². The summed E-state index contributed by atoms with van der Waals surface area (Å²) >= 11 is 1.43. The van der Waals surface area contributed by atoms with Gasteiger partial charge in [-0.15, -0.1) is 11.3 Å². The third-order valence-electron chi connectivity index (χ3n) is 4.27. The van der Waals surface area contributed by atoms with E-state index >= 15 is 0 Å². The second-order valence-corrected chi connectivity index (χ2v) is 7.04. The van der Waals surface area contributed by atoms with E-state index in [4.69, 9.17) is 0 Å². The Bertz CT molecular complexity index is 684. The van der Waals surface area contributed by atoms with Crippen molar-refractivity contribution in [3.8, 4) is 0 Å². The molecule has 2 N–H and O–H groups in total. The van der Waals surface area contributed by atoms with Crippen molar-refractivity contribution in [2.45, 2.75) is 44.2 Å². The van der Waals surface area contributed by atoms with Crippen LogP contribution < -0.4 is 10.6 Å². The van der Waals surface area contributed by atoms with Crippen molar-refractivity contribution in [3.63, 3.8) is 0 Å². The Labute approximate surface area is 144 Å². The van der Waals surface area contributed by atoms with Crippen molar-refractivity contribution in [1.29, 1.82) is 0 Å². The predicted octanol–water partition coefficient (Wildman–Crippen LogP) is 4.63. The van der Waals surface area contributed by atoms with E-state index in [1.165, 1.54) is 29.9 Å². The Hall–Kier alpha value is -1.95. The third kappa shape index (κ3) is 4.12. The van der Waals surface area contributed by atoms with Gasteiger partial charge in [0.05, 0.1) is 5.69 Å². The largest absolute Gasteiger partial charge is 0.367 e. The Morgan fingerprint density at radius 3 is 2.62 bits per heavy atom. The van der Waals surface area contributed by atoms with E-state index < -0.39 is 17.7 Å². The first-order chi connectivity index (χ1) is 11.6. The molecule has 1 aliphatic carbocycles. The molecule has 0 saturated heterocycles. The van der Waals surface area contributed by atoms with E-state index in [0.29, 0.717) is 0 Å². The molecule has 128 valence electrons. The van der Waals surface area contributed by atoms with Crippen molar-refractivity contribution >= 4 is 22.9 Å². The summed E-state index contributed by atoms with van der Waals surface area (Å²) in [5.41, 5.74) is 0.119. The number of anilines is 1. The Morgan fingerprint density at radius 2 is 1.96 bits per heavy atom. The molecule has 0 aliphatic heterocycles. The molecule has 24 heavy (non-hydrogen) atoms. The molecule has 3 nitrogen and oxygen atoms in total. The van der Waals surface area contributed by atoms with Gasteiger partial charge in [0.1, 0.15) is 17.7 Å². The molecule has 1 atom stereocenters. The van der Waals surface area contributed by atoms with Gasteiger partial charge in [0, 0.05) is 17.0 Å². The number of hydrogen-bond acceptors (Lipinski definition) is 3. The first-order valence-corrected chi connectivity index (χ1v) is 9.07. The van der Waals surface area contributed by atoms with Crippen LogP contribution in [-0.2, 0) is 4.79 Å². The molecule has 2 aromatic rings. The summed E-state index contributed by atoms with van der Waals surface area (Å²) in [6.45, 7) is 0. The molecule has 1 saturated carbocycles. The molecule has 1 unspecified atom stereocenters. The van der Waals surface area contributed by atoms with E-state index in [9.17, 15) is 13.6 Å². The van der Waals surface area contributed by atoms with Gasteiger partial charge in [0.2, 0.25) is 5.91 Å². The molecular weight excluding hydrogens is 330 g/mol. The lowest BCUT2D eigenvalue weighted by atomic mass is 9.95. The number of halogens is 2. The zero-order valence-corrected chi connectivity index (χ0v) is 14.0. The van der Waals surface area contributed by atoms with Gasteiger partial charge in [-0.3, -0.25) is 4.79 Å². The molecule has 1 amide bonds. The molecule has 1 aromatic carbocycles. The monoisotopic (exact) mass is 350 g/mol. The zero-order valence-electron chi connectivity index (χ0n) is 13.2. The molecule has 0 spiro atoms. The van der Waals surface area contributed by atoms with Gasteiger partial charge in [-0.05, 0) is 36.4 Å². The van der Waals surface area contributed by atoms with E-state index in [-0.39, 0.29) is 17.6 Å². The van der Waals surface area contributed by atoms with Crippen LogP contribution in [0.5, 0.6) is 0 Å². The molecule has 3 rings (SSSR count). The number of carbonyl (C=O) groups is 1. The summed E-state index contributed by atoms with van der Waals surface area (Å²) in [5, 5.41) is 7.86. The molecule has 1 aliphatic rings. The molecular formula is C18H20F2N2OS. The van der Waals surface area contributed by atoms with Gasteiger partial charge in [-0.1, -0.05) is 25.3 Å². The van der Waals surface area contributed by atoms with Crippen LogP contribution in [0.2, 0.25) is 0 Å². The first kappa shape index (κ1) is 16.9. The van der Waals surface area contributed by atoms with Crippen molar-refractivity contribution in [2.75, 3.05) is 5.32 Å². The maximum Gasteiger partial charge on any atom is 0.248 e. The number of nitrogens with one attached hydrogen (secondary N) is 2. The number of rotatable bonds is 5. The molecule has 1 aromatic heterocycles. The second kappa shape index (κ2) is 7.75. The van der Waals surface area contributed by atoms with Crippen LogP contribution >= 0.6 is 11.3 Å². The summed E-state index contributed by atoms with van der Waals surface area (Å²) in [7, 11) is 0. The van der Waals surface area contributed by atoms with Crippen LogP contribution in [-0.4, -0.2) is 11.9 Å². The quantitative estimate of drug-likeness (QED) is 0.825. The van der Waals surface area contributed by atoms with Crippen molar-refractivity contribution in [2.24, 2.45) is 0 Å². The Morgan fingerprint density at radius 1 is 1.17 bits per heavy atom. The zero-order chi connectivity index (χ0) is 16.9. The van der Waals surface area contributed by atoms with E-state index in [0.717, 1.165) is 36.6 Å². The fourth-order valence-corrected chi connectivity index (χ4v) is 3.79. The summed E-state index contributed by atoms with van der Waals surface area (Å²) < 4.78 is 27.0. The maximum atomic E-state index is 13.9. The van der Waals surface area contributed by atoms with Gasteiger partial charge in [-0.25, -0.2) is 8.78 Å². The highest BCUT2D eigenvalue weighted by molar-refractivity contribution is 7.10. The first-order valence-electron chi connectivity index (χ1n) is 8.19. The summed E-state index contributed by atoms with van der Waals surface area (Å²) in [5.74, 6) is -1.52. The van der Waals surface area contributed by atoms with Gasteiger partial charge < -0.3 is 10.6 Å². The molecule has 0 bridgehead atoms. The van der Waals surface area contributed by atoms with Gasteiger partial charge in [-0.2, -0.15) is 0 Å². The third-order valence-corrected chi connectivity index (χ3v) is 5.21. The number of hydrogen-bond donors (Lipinski definition) is 2. The number of thiophene rings is 1. The highest BCUT2D eigenvalue weighted by atomic mass is 32.1. The average molecular weight is 350 g/mol. The highest BCUT2D eigenvalue weighted by Crippen LogP contribution is 2.27. The second-order valence-electron chi connectivity index (χ2n) is 6.06. The average Bonchev–Trinajstić information content (AvgIpc) is 3.09. The van der Waals surface area contributed by atoms with E-state index in [2.05, 4.69) is 10.6 Å². The minimum atomic E-state index is -0.706. The predicted molar refractivity (Wildman–Crippen MR) is 92.1 cm³/mol. The SMILES string of the molecule is O=C(NC1CCCCC1)C(Nc1ccc(F)cc1F)c1cccs1. The highest BCUT2D eigenvalue weighted by Gasteiger charge is 2.25. The number of benzene rings is 1. The van der Waals surface area contributed by atoms with Crippen LogP contribution in [0.3, 0.4) is 0 Å². The smallest absolute Gasteiger partial charge is 0.248 e. The lowest BCUT2D eigenvalue weighted by Gasteiger charge is -2.26. The summed E-state index contributed by atoms with van der Waals surface area (Å²) in [6, 6.07) is 6.48. The number of carbonyl (C=O) groups excluding carboxylic acids is 1. The van der Waals surface area contributed by atoms with Gasteiger partial charge >= 0.3 is 0 Å². The van der Waals surface area contributed by atoms with Crippen LogP contribution in [0.15, 0.2) is 35.7 Å². The van der Waals surface area contributed by atoms with Crippen LogP contribution in [0.4, 0.5) is 14.5 Å². The van der Waals surface area contributed by atoms with E-state index in [1.807, 2.05) is 17.5 Å². The summed E-state index contributed by atoms with van der Waals surface area (Å²) in [6.07, 6.45) is 5.41. The molecule has 1 fully saturated rings. The maximum absolute atomic E-state index is 13.9. The minimum Gasteiger partial charge on any atom is -0.367 e. The fraction of sp³-hybridized carbons (Fsp3) is 0.389. The van der Waals surface area contributed by atoms with Crippen LogP contribution in [0.1, 0.15) is 43.0 Å².